The Morgan fingerprint density at radius 1 is 1.29 bits per heavy atom. The van der Waals surface area contributed by atoms with Gasteiger partial charge in [-0.05, 0) is 38.6 Å². The maximum atomic E-state index is 12.3. The van der Waals surface area contributed by atoms with Crippen LogP contribution in [0.15, 0.2) is 0 Å². The fraction of sp³-hybridized carbons (Fsp3) is 1.00. The van der Waals surface area contributed by atoms with Crippen LogP contribution < -0.4 is 5.32 Å². The first-order valence-corrected chi connectivity index (χ1v) is 6.39. The van der Waals surface area contributed by atoms with Gasteiger partial charge in [-0.2, -0.15) is 13.2 Å². The Hall–Kier alpha value is -0.290. The normalized spacial score (nSPS) is 20.3. The fourth-order valence-corrected chi connectivity index (χ4v) is 2.16. The molecular formula is C12H22F3NO. The molecule has 0 bridgehead atoms. The summed E-state index contributed by atoms with van der Waals surface area (Å²) in [4.78, 5) is 0. The van der Waals surface area contributed by atoms with Crippen molar-refractivity contribution in [2.45, 2.75) is 57.9 Å². The summed E-state index contributed by atoms with van der Waals surface area (Å²) in [7, 11) is 0. The lowest BCUT2D eigenvalue weighted by Gasteiger charge is -2.28. The molecule has 1 saturated carbocycles. The quantitative estimate of drug-likeness (QED) is 0.717. The Labute approximate surface area is 101 Å². The summed E-state index contributed by atoms with van der Waals surface area (Å²) in [6.07, 6.45) is -2.59. The van der Waals surface area contributed by atoms with Gasteiger partial charge in [-0.3, -0.25) is 0 Å². The molecule has 2 unspecified atom stereocenters. The SMILES string of the molecule is CCNC(CCC(F)(F)F)C(OCC)C1CC1. The van der Waals surface area contributed by atoms with Crippen molar-refractivity contribution in [2.24, 2.45) is 5.92 Å². The lowest BCUT2D eigenvalue weighted by Crippen LogP contribution is -2.43. The molecule has 0 spiro atoms. The van der Waals surface area contributed by atoms with E-state index in [1.165, 1.54) is 0 Å². The zero-order chi connectivity index (χ0) is 12.9. The van der Waals surface area contributed by atoms with Gasteiger partial charge >= 0.3 is 6.18 Å². The number of ether oxygens (including phenoxy) is 1. The summed E-state index contributed by atoms with van der Waals surface area (Å²) in [5.41, 5.74) is 0. The van der Waals surface area contributed by atoms with Gasteiger partial charge in [-0.15, -0.1) is 0 Å². The van der Waals surface area contributed by atoms with Crippen LogP contribution in [0.25, 0.3) is 0 Å². The van der Waals surface area contributed by atoms with Crippen LogP contribution in [0.3, 0.4) is 0 Å². The maximum absolute atomic E-state index is 12.3. The van der Waals surface area contributed by atoms with Gasteiger partial charge in [0.2, 0.25) is 0 Å². The minimum absolute atomic E-state index is 0.0534. The van der Waals surface area contributed by atoms with Crippen molar-refractivity contribution in [3.63, 3.8) is 0 Å². The predicted molar refractivity (Wildman–Crippen MR) is 60.9 cm³/mol. The predicted octanol–water partition coefficient (Wildman–Crippen LogP) is 3.12. The molecule has 0 aliphatic heterocycles. The summed E-state index contributed by atoms with van der Waals surface area (Å²) < 4.78 is 42.4. The molecule has 0 aromatic carbocycles. The molecule has 0 aromatic rings. The summed E-state index contributed by atoms with van der Waals surface area (Å²) in [6, 6.07) is -0.172. The van der Waals surface area contributed by atoms with Crippen molar-refractivity contribution in [2.75, 3.05) is 13.2 Å². The smallest absolute Gasteiger partial charge is 0.377 e. The molecule has 1 aliphatic rings. The lowest BCUT2D eigenvalue weighted by atomic mass is 10.0. The fourth-order valence-electron chi connectivity index (χ4n) is 2.16. The standard InChI is InChI=1S/C12H22F3NO/c1-3-16-10(7-8-12(13,14)15)11(17-4-2)9-5-6-9/h9-11,16H,3-8H2,1-2H3. The second-order valence-electron chi connectivity index (χ2n) is 4.58. The van der Waals surface area contributed by atoms with E-state index in [2.05, 4.69) is 5.32 Å². The Bertz CT molecular complexity index is 216. The highest BCUT2D eigenvalue weighted by Crippen LogP contribution is 2.37. The molecule has 1 N–H and O–H groups in total. The number of hydrogen-bond donors (Lipinski definition) is 1. The van der Waals surface area contributed by atoms with E-state index in [9.17, 15) is 13.2 Å². The molecular weight excluding hydrogens is 231 g/mol. The first kappa shape index (κ1) is 14.8. The summed E-state index contributed by atoms with van der Waals surface area (Å²) in [5.74, 6) is 0.451. The molecule has 0 heterocycles. The molecule has 1 aliphatic carbocycles. The maximum Gasteiger partial charge on any atom is 0.389 e. The monoisotopic (exact) mass is 253 g/mol. The van der Waals surface area contributed by atoms with Crippen LogP contribution in [0, 0.1) is 5.92 Å². The molecule has 0 radical (unpaired) electrons. The van der Waals surface area contributed by atoms with Crippen LogP contribution in [0.1, 0.15) is 39.5 Å². The van der Waals surface area contributed by atoms with Gasteiger partial charge in [0, 0.05) is 19.1 Å². The third-order valence-electron chi connectivity index (χ3n) is 3.05. The third-order valence-corrected chi connectivity index (χ3v) is 3.05. The minimum atomic E-state index is -4.08. The Kier molecular flexibility index (Phi) is 5.73. The molecule has 17 heavy (non-hydrogen) atoms. The highest BCUT2D eigenvalue weighted by atomic mass is 19.4. The number of halogens is 3. The molecule has 1 fully saturated rings. The van der Waals surface area contributed by atoms with Crippen molar-refractivity contribution in [1.82, 2.24) is 5.32 Å². The lowest BCUT2D eigenvalue weighted by molar-refractivity contribution is -0.138. The van der Waals surface area contributed by atoms with Gasteiger partial charge in [0.1, 0.15) is 0 Å². The topological polar surface area (TPSA) is 21.3 Å². The number of hydrogen-bond acceptors (Lipinski definition) is 2. The van der Waals surface area contributed by atoms with Crippen LogP contribution >= 0.6 is 0 Å². The summed E-state index contributed by atoms with van der Waals surface area (Å²) in [6.45, 7) is 5.05. The molecule has 2 atom stereocenters. The highest BCUT2D eigenvalue weighted by Gasteiger charge is 2.38. The van der Waals surface area contributed by atoms with Crippen LogP contribution in [-0.4, -0.2) is 31.5 Å². The van der Waals surface area contributed by atoms with E-state index in [0.29, 0.717) is 19.1 Å². The second-order valence-corrected chi connectivity index (χ2v) is 4.58. The van der Waals surface area contributed by atoms with E-state index >= 15 is 0 Å². The van der Waals surface area contributed by atoms with Gasteiger partial charge < -0.3 is 10.1 Å². The first-order chi connectivity index (χ1) is 7.98. The van der Waals surface area contributed by atoms with Crippen LogP contribution in [-0.2, 0) is 4.74 Å². The molecule has 102 valence electrons. The van der Waals surface area contributed by atoms with Gasteiger partial charge in [0.05, 0.1) is 6.10 Å². The molecule has 5 heteroatoms. The van der Waals surface area contributed by atoms with E-state index in [4.69, 9.17) is 4.74 Å². The number of alkyl halides is 3. The van der Waals surface area contributed by atoms with Crippen molar-refractivity contribution >= 4 is 0 Å². The first-order valence-electron chi connectivity index (χ1n) is 6.39. The Morgan fingerprint density at radius 2 is 1.94 bits per heavy atom. The minimum Gasteiger partial charge on any atom is -0.377 e. The van der Waals surface area contributed by atoms with Gasteiger partial charge in [0.25, 0.3) is 0 Å². The van der Waals surface area contributed by atoms with E-state index in [1.54, 1.807) is 0 Å². The zero-order valence-corrected chi connectivity index (χ0v) is 10.5. The number of rotatable bonds is 8. The van der Waals surface area contributed by atoms with E-state index < -0.39 is 12.6 Å². The van der Waals surface area contributed by atoms with E-state index in [-0.39, 0.29) is 18.6 Å². The van der Waals surface area contributed by atoms with Crippen molar-refractivity contribution < 1.29 is 17.9 Å². The Balaban J connectivity index is 2.49. The van der Waals surface area contributed by atoms with Crippen LogP contribution in [0.5, 0.6) is 0 Å². The number of nitrogens with one attached hydrogen (secondary N) is 1. The number of likely N-dealkylation sites (N-methyl/N-ethyl adjacent to an activating group) is 1. The average molecular weight is 253 g/mol. The summed E-state index contributed by atoms with van der Waals surface area (Å²) >= 11 is 0. The zero-order valence-electron chi connectivity index (χ0n) is 10.5. The van der Waals surface area contributed by atoms with Gasteiger partial charge in [-0.1, -0.05) is 6.92 Å². The Morgan fingerprint density at radius 3 is 2.35 bits per heavy atom. The molecule has 2 nitrogen and oxygen atoms in total. The molecule has 0 saturated heterocycles. The molecule has 0 aromatic heterocycles. The second kappa shape index (κ2) is 6.59. The van der Waals surface area contributed by atoms with Gasteiger partial charge in [-0.25, -0.2) is 0 Å². The summed E-state index contributed by atoms with van der Waals surface area (Å²) in [5, 5.41) is 3.14. The van der Waals surface area contributed by atoms with E-state index in [0.717, 1.165) is 12.8 Å². The largest absolute Gasteiger partial charge is 0.389 e. The third kappa shape index (κ3) is 5.73. The van der Waals surface area contributed by atoms with Crippen molar-refractivity contribution in [1.29, 1.82) is 0 Å². The van der Waals surface area contributed by atoms with Crippen LogP contribution in [0.4, 0.5) is 13.2 Å². The van der Waals surface area contributed by atoms with Gasteiger partial charge in [0.15, 0.2) is 0 Å². The van der Waals surface area contributed by atoms with Crippen molar-refractivity contribution in [3.8, 4) is 0 Å². The van der Waals surface area contributed by atoms with E-state index in [1.807, 2.05) is 13.8 Å². The van der Waals surface area contributed by atoms with Crippen LogP contribution in [0.2, 0.25) is 0 Å². The van der Waals surface area contributed by atoms with Crippen molar-refractivity contribution in [3.05, 3.63) is 0 Å². The molecule has 0 amide bonds. The molecule has 1 rings (SSSR count). The highest BCUT2D eigenvalue weighted by molar-refractivity contribution is 4.90. The average Bonchev–Trinajstić information content (AvgIpc) is 3.03.